The van der Waals surface area contributed by atoms with E-state index in [-0.39, 0.29) is 0 Å². The zero-order valence-corrected chi connectivity index (χ0v) is 11.9. The van der Waals surface area contributed by atoms with Crippen LogP contribution >= 0.6 is 23.2 Å². The van der Waals surface area contributed by atoms with Crippen molar-refractivity contribution in [2.75, 3.05) is 0 Å². The summed E-state index contributed by atoms with van der Waals surface area (Å²) in [5.41, 5.74) is 1.94. The Morgan fingerprint density at radius 2 is 1.56 bits per heavy atom. The minimum atomic E-state index is -0.966. The zero-order valence-electron chi connectivity index (χ0n) is 9.61. The predicted octanol–water partition coefficient (Wildman–Crippen LogP) is 4.44. The van der Waals surface area contributed by atoms with E-state index in [1.165, 1.54) is 0 Å². The normalized spacial score (nSPS) is 12.3. The van der Waals surface area contributed by atoms with E-state index in [2.05, 4.69) is 0 Å². The first-order valence-electron chi connectivity index (χ1n) is 5.48. The molecule has 2 rings (SSSR count). The summed E-state index contributed by atoms with van der Waals surface area (Å²) in [6.07, 6.45) is 0. The molecule has 0 radical (unpaired) electrons. The van der Waals surface area contributed by atoms with Crippen LogP contribution in [0.3, 0.4) is 0 Å². The smallest absolute Gasteiger partial charge is 0.0503 e. The molecule has 1 unspecified atom stereocenters. The quantitative estimate of drug-likeness (QED) is 0.815. The van der Waals surface area contributed by atoms with Crippen molar-refractivity contribution < 1.29 is 4.21 Å². The predicted molar refractivity (Wildman–Crippen MR) is 78.5 cm³/mol. The van der Waals surface area contributed by atoms with Crippen LogP contribution in [0.1, 0.15) is 11.1 Å². The summed E-state index contributed by atoms with van der Waals surface area (Å²) in [5, 5.41) is 1.36. The van der Waals surface area contributed by atoms with E-state index in [0.717, 1.165) is 11.1 Å². The maximum atomic E-state index is 12.0. The van der Waals surface area contributed by atoms with E-state index in [4.69, 9.17) is 23.2 Å². The minimum absolute atomic E-state index is 0.475. The van der Waals surface area contributed by atoms with Gasteiger partial charge in [-0.1, -0.05) is 53.5 Å². The zero-order chi connectivity index (χ0) is 13.0. The highest BCUT2D eigenvalue weighted by Crippen LogP contribution is 2.18. The molecule has 0 aliphatic carbocycles. The Labute approximate surface area is 119 Å². The summed E-state index contributed by atoms with van der Waals surface area (Å²) in [7, 11) is -0.966. The molecule has 0 aliphatic rings. The molecule has 0 saturated heterocycles. The number of hydrogen-bond donors (Lipinski definition) is 0. The fourth-order valence-corrected chi connectivity index (χ4v) is 3.28. The second-order valence-electron chi connectivity index (χ2n) is 3.95. The monoisotopic (exact) mass is 298 g/mol. The van der Waals surface area contributed by atoms with Gasteiger partial charge < -0.3 is 0 Å². The summed E-state index contributed by atoms with van der Waals surface area (Å²) in [5.74, 6) is 0.991. The Morgan fingerprint density at radius 3 is 2.22 bits per heavy atom. The summed E-state index contributed by atoms with van der Waals surface area (Å²) in [6, 6.07) is 14.9. The van der Waals surface area contributed by atoms with E-state index < -0.39 is 10.8 Å². The molecule has 0 heterocycles. The molecular weight excluding hydrogens is 287 g/mol. The lowest BCUT2D eigenvalue weighted by Gasteiger charge is -2.05. The fourth-order valence-electron chi connectivity index (χ4n) is 1.61. The average molecular weight is 299 g/mol. The van der Waals surface area contributed by atoms with Gasteiger partial charge in [-0.15, -0.1) is 0 Å². The van der Waals surface area contributed by atoms with Gasteiger partial charge in [-0.3, -0.25) is 4.21 Å². The number of rotatable bonds is 4. The largest absolute Gasteiger partial charge is 0.259 e. The maximum absolute atomic E-state index is 12.0. The van der Waals surface area contributed by atoms with Crippen molar-refractivity contribution in [2.24, 2.45) is 0 Å². The summed E-state index contributed by atoms with van der Waals surface area (Å²) in [4.78, 5) is 0. The molecule has 0 saturated carbocycles. The van der Waals surface area contributed by atoms with Crippen molar-refractivity contribution >= 4 is 34.0 Å². The third kappa shape index (κ3) is 3.84. The van der Waals surface area contributed by atoms with Crippen LogP contribution in [-0.2, 0) is 22.3 Å². The second-order valence-corrected chi connectivity index (χ2v) is 6.25. The van der Waals surface area contributed by atoms with Crippen molar-refractivity contribution in [3.63, 3.8) is 0 Å². The standard InChI is InChI=1S/C14H12Cl2OS/c15-13-7-5-11(6-8-13)9-18(17)10-12-3-1-2-4-14(12)16/h1-8H,9-10H2. The third-order valence-electron chi connectivity index (χ3n) is 2.52. The van der Waals surface area contributed by atoms with E-state index >= 15 is 0 Å². The minimum Gasteiger partial charge on any atom is -0.259 e. The van der Waals surface area contributed by atoms with Crippen LogP contribution in [0, 0.1) is 0 Å². The van der Waals surface area contributed by atoms with Gasteiger partial charge in [-0.05, 0) is 29.3 Å². The second kappa shape index (κ2) is 6.37. The molecule has 1 atom stereocenters. The third-order valence-corrected chi connectivity index (χ3v) is 4.42. The van der Waals surface area contributed by atoms with Crippen LogP contribution in [0.15, 0.2) is 48.5 Å². The molecule has 0 aromatic heterocycles. The molecule has 0 bridgehead atoms. The molecule has 4 heteroatoms. The Kier molecular flexibility index (Phi) is 4.81. The lowest BCUT2D eigenvalue weighted by molar-refractivity contribution is 0.682. The fraction of sp³-hybridized carbons (Fsp3) is 0.143. The van der Waals surface area contributed by atoms with Crippen LogP contribution in [0.4, 0.5) is 0 Å². The molecule has 0 aliphatic heterocycles. The van der Waals surface area contributed by atoms with Crippen molar-refractivity contribution in [3.05, 3.63) is 69.7 Å². The van der Waals surface area contributed by atoms with Crippen LogP contribution in [0.25, 0.3) is 0 Å². The van der Waals surface area contributed by atoms with Gasteiger partial charge in [0, 0.05) is 26.6 Å². The van der Waals surface area contributed by atoms with Crippen LogP contribution < -0.4 is 0 Å². The highest BCUT2D eigenvalue weighted by atomic mass is 35.5. The highest BCUT2D eigenvalue weighted by molar-refractivity contribution is 7.83. The molecule has 94 valence electrons. The first-order valence-corrected chi connectivity index (χ1v) is 7.72. The van der Waals surface area contributed by atoms with Crippen molar-refractivity contribution in [1.82, 2.24) is 0 Å². The molecule has 0 amide bonds. The average Bonchev–Trinajstić information content (AvgIpc) is 2.35. The van der Waals surface area contributed by atoms with Gasteiger partial charge >= 0.3 is 0 Å². The SMILES string of the molecule is O=S(Cc1ccc(Cl)cc1)Cc1ccccc1Cl. The molecule has 0 spiro atoms. The Morgan fingerprint density at radius 1 is 0.889 bits per heavy atom. The van der Waals surface area contributed by atoms with Crippen molar-refractivity contribution in [1.29, 1.82) is 0 Å². The highest BCUT2D eigenvalue weighted by Gasteiger charge is 2.06. The van der Waals surface area contributed by atoms with Crippen molar-refractivity contribution in [2.45, 2.75) is 11.5 Å². The molecule has 0 N–H and O–H groups in total. The maximum Gasteiger partial charge on any atom is 0.0503 e. The molecule has 2 aromatic rings. The number of halogens is 2. The first kappa shape index (κ1) is 13.6. The summed E-state index contributed by atoms with van der Waals surface area (Å²) >= 11 is 11.8. The van der Waals surface area contributed by atoms with Crippen molar-refractivity contribution in [3.8, 4) is 0 Å². The molecule has 1 nitrogen and oxygen atoms in total. The van der Waals surface area contributed by atoms with Crippen LogP contribution in [-0.4, -0.2) is 4.21 Å². The first-order chi connectivity index (χ1) is 8.65. The van der Waals surface area contributed by atoms with E-state index in [9.17, 15) is 4.21 Å². The lowest BCUT2D eigenvalue weighted by Crippen LogP contribution is -1.99. The molecule has 18 heavy (non-hydrogen) atoms. The lowest BCUT2D eigenvalue weighted by atomic mass is 10.2. The van der Waals surface area contributed by atoms with Gasteiger partial charge in [0.25, 0.3) is 0 Å². The molecular formula is C14H12Cl2OS. The number of benzene rings is 2. The molecule has 0 fully saturated rings. The van der Waals surface area contributed by atoms with Gasteiger partial charge in [0.05, 0.1) is 5.75 Å². The van der Waals surface area contributed by atoms with Gasteiger partial charge in [0.15, 0.2) is 0 Å². The van der Waals surface area contributed by atoms with Gasteiger partial charge in [0.2, 0.25) is 0 Å². The van der Waals surface area contributed by atoms with E-state index in [1.807, 2.05) is 48.5 Å². The van der Waals surface area contributed by atoms with Gasteiger partial charge in [-0.25, -0.2) is 0 Å². The Balaban J connectivity index is 2.01. The molecule has 2 aromatic carbocycles. The number of hydrogen-bond acceptors (Lipinski definition) is 1. The van der Waals surface area contributed by atoms with E-state index in [0.29, 0.717) is 21.6 Å². The Hall–Kier alpha value is -0.830. The summed E-state index contributed by atoms with van der Waals surface area (Å²) < 4.78 is 12.0. The topological polar surface area (TPSA) is 17.1 Å². The van der Waals surface area contributed by atoms with E-state index in [1.54, 1.807) is 0 Å². The van der Waals surface area contributed by atoms with Gasteiger partial charge in [0.1, 0.15) is 0 Å². The summed E-state index contributed by atoms with van der Waals surface area (Å²) in [6.45, 7) is 0. The van der Waals surface area contributed by atoms with Crippen LogP contribution in [0.2, 0.25) is 10.0 Å². The van der Waals surface area contributed by atoms with Gasteiger partial charge in [-0.2, -0.15) is 0 Å². The van der Waals surface area contributed by atoms with Crippen LogP contribution in [0.5, 0.6) is 0 Å². The Bertz CT molecular complexity index is 552.